The third kappa shape index (κ3) is 3.88. The SMILES string of the molecule is CN1CC[C@@](O)(c2cc(-c3cccc(-c4ncc(N)c(C(=O)N[C@H]5CCOC5)n4)c3)no2)C1=O. The lowest BCUT2D eigenvalue weighted by Gasteiger charge is -2.16. The average molecular weight is 464 g/mol. The number of anilines is 1. The van der Waals surface area contributed by atoms with Gasteiger partial charge in [0.1, 0.15) is 5.69 Å². The number of carbonyl (C=O) groups excluding carboxylic acids is 2. The van der Waals surface area contributed by atoms with E-state index in [4.69, 9.17) is 15.0 Å². The van der Waals surface area contributed by atoms with Gasteiger partial charge in [-0.15, -0.1) is 0 Å². The second-order valence-electron chi connectivity index (χ2n) is 8.53. The number of carbonyl (C=O) groups is 2. The number of nitrogen functional groups attached to an aromatic ring is 1. The highest BCUT2D eigenvalue weighted by Gasteiger charge is 2.48. The van der Waals surface area contributed by atoms with E-state index in [1.165, 1.54) is 11.1 Å². The Morgan fingerprint density at radius 1 is 1.32 bits per heavy atom. The topological polar surface area (TPSA) is 157 Å². The first-order chi connectivity index (χ1) is 16.3. The van der Waals surface area contributed by atoms with E-state index in [1.54, 1.807) is 31.3 Å². The van der Waals surface area contributed by atoms with Crippen molar-refractivity contribution < 1.29 is 24.0 Å². The van der Waals surface area contributed by atoms with E-state index in [1.807, 2.05) is 6.07 Å². The standard InChI is InChI=1S/C23H24N6O5/c1-29-7-6-23(32,22(29)31)18-10-17(28-34-18)13-3-2-4-14(9-13)20-25-11-16(24)19(27-20)21(30)26-15-5-8-33-12-15/h2-4,9-11,15,32H,5-8,12,24H2,1H3,(H,26,30)/t15-,23+/m0/s1. The second-order valence-corrected chi connectivity index (χ2v) is 8.53. The zero-order valence-electron chi connectivity index (χ0n) is 18.5. The highest BCUT2D eigenvalue weighted by Crippen LogP contribution is 2.35. The van der Waals surface area contributed by atoms with Crippen LogP contribution in [-0.2, 0) is 15.1 Å². The predicted octanol–water partition coefficient (Wildman–Crippen LogP) is 0.949. The Labute approximate surface area is 194 Å². The van der Waals surface area contributed by atoms with Gasteiger partial charge in [-0.2, -0.15) is 0 Å². The molecule has 4 heterocycles. The molecular weight excluding hydrogens is 440 g/mol. The maximum absolute atomic E-state index is 12.7. The summed E-state index contributed by atoms with van der Waals surface area (Å²) >= 11 is 0. The molecule has 176 valence electrons. The molecule has 11 nitrogen and oxygen atoms in total. The number of aliphatic hydroxyl groups is 1. The molecule has 0 radical (unpaired) electrons. The number of nitrogens with one attached hydrogen (secondary N) is 1. The van der Waals surface area contributed by atoms with E-state index in [2.05, 4.69) is 20.4 Å². The van der Waals surface area contributed by atoms with Gasteiger partial charge in [-0.25, -0.2) is 9.97 Å². The summed E-state index contributed by atoms with van der Waals surface area (Å²) in [6.07, 6.45) is 2.37. The number of benzene rings is 1. The highest BCUT2D eigenvalue weighted by molar-refractivity contribution is 5.97. The summed E-state index contributed by atoms with van der Waals surface area (Å²) in [5, 5.41) is 17.7. The first-order valence-electron chi connectivity index (χ1n) is 10.9. The minimum Gasteiger partial charge on any atom is -0.396 e. The van der Waals surface area contributed by atoms with Crippen molar-refractivity contribution in [1.82, 2.24) is 25.3 Å². The van der Waals surface area contributed by atoms with Crippen LogP contribution in [0.1, 0.15) is 29.1 Å². The van der Waals surface area contributed by atoms with E-state index in [-0.39, 0.29) is 35.5 Å². The summed E-state index contributed by atoms with van der Waals surface area (Å²) in [5.41, 5.74) is 6.27. The Hall–Kier alpha value is -3.83. The molecule has 2 aliphatic rings. The molecular formula is C23H24N6O5. The molecule has 1 aromatic carbocycles. The van der Waals surface area contributed by atoms with Crippen molar-refractivity contribution in [1.29, 1.82) is 0 Å². The fourth-order valence-corrected chi connectivity index (χ4v) is 4.12. The van der Waals surface area contributed by atoms with E-state index in [9.17, 15) is 14.7 Å². The minimum atomic E-state index is -1.72. The van der Waals surface area contributed by atoms with Gasteiger partial charge in [-0.3, -0.25) is 9.59 Å². The van der Waals surface area contributed by atoms with Crippen LogP contribution >= 0.6 is 0 Å². The number of likely N-dealkylation sites (tertiary alicyclic amines) is 1. The molecule has 5 rings (SSSR count). The van der Waals surface area contributed by atoms with Crippen molar-refractivity contribution in [2.24, 2.45) is 0 Å². The summed E-state index contributed by atoms with van der Waals surface area (Å²) < 4.78 is 10.6. The average Bonchev–Trinajstić information content (AvgIpc) is 3.59. The molecule has 2 fully saturated rings. The number of hydrogen-bond donors (Lipinski definition) is 3. The number of aromatic nitrogens is 3. The molecule has 2 atom stereocenters. The zero-order valence-corrected chi connectivity index (χ0v) is 18.5. The zero-order chi connectivity index (χ0) is 23.9. The van der Waals surface area contributed by atoms with Crippen LogP contribution in [0.15, 0.2) is 41.1 Å². The van der Waals surface area contributed by atoms with Gasteiger partial charge >= 0.3 is 0 Å². The van der Waals surface area contributed by atoms with E-state index in [0.717, 1.165) is 6.42 Å². The number of hydrogen-bond acceptors (Lipinski definition) is 9. The summed E-state index contributed by atoms with van der Waals surface area (Å²) in [6.45, 7) is 1.50. The van der Waals surface area contributed by atoms with E-state index >= 15 is 0 Å². The molecule has 0 spiro atoms. The maximum atomic E-state index is 12.7. The quantitative estimate of drug-likeness (QED) is 0.500. The molecule has 2 aromatic heterocycles. The lowest BCUT2D eigenvalue weighted by molar-refractivity contribution is -0.144. The van der Waals surface area contributed by atoms with Crippen LogP contribution in [0.4, 0.5) is 5.69 Å². The molecule has 2 saturated heterocycles. The normalized spacial score (nSPS) is 22.4. The highest BCUT2D eigenvalue weighted by atomic mass is 16.5. The van der Waals surface area contributed by atoms with Gasteiger partial charge in [0.25, 0.3) is 11.8 Å². The van der Waals surface area contributed by atoms with E-state index < -0.39 is 11.5 Å². The Kier molecular flexibility index (Phi) is 5.50. The molecule has 11 heteroatoms. The van der Waals surface area contributed by atoms with Gasteiger partial charge in [0, 0.05) is 43.8 Å². The Bertz CT molecular complexity index is 1250. The number of nitrogens with two attached hydrogens (primary N) is 1. The van der Waals surface area contributed by atoms with Crippen molar-refractivity contribution >= 4 is 17.5 Å². The second kappa shape index (κ2) is 8.50. The monoisotopic (exact) mass is 464 g/mol. The number of amides is 2. The maximum Gasteiger partial charge on any atom is 0.272 e. The van der Waals surface area contributed by atoms with Gasteiger partial charge in [-0.05, 0) is 12.5 Å². The van der Waals surface area contributed by atoms with Crippen molar-refractivity contribution in [2.75, 3.05) is 32.5 Å². The molecule has 34 heavy (non-hydrogen) atoms. The number of likely N-dealkylation sites (N-methyl/N-ethyl adjacent to an activating group) is 1. The Morgan fingerprint density at radius 2 is 2.15 bits per heavy atom. The van der Waals surface area contributed by atoms with Gasteiger partial charge in [-0.1, -0.05) is 23.4 Å². The first-order valence-corrected chi connectivity index (χ1v) is 10.9. The summed E-state index contributed by atoms with van der Waals surface area (Å²) in [7, 11) is 1.63. The number of rotatable bonds is 5. The lowest BCUT2D eigenvalue weighted by atomic mass is 9.98. The van der Waals surface area contributed by atoms with Crippen LogP contribution in [0, 0.1) is 0 Å². The molecule has 3 aromatic rings. The van der Waals surface area contributed by atoms with Gasteiger partial charge in [0.05, 0.1) is 24.5 Å². The number of ether oxygens (including phenoxy) is 1. The molecule has 2 amide bonds. The van der Waals surface area contributed by atoms with Crippen LogP contribution < -0.4 is 11.1 Å². The largest absolute Gasteiger partial charge is 0.396 e. The van der Waals surface area contributed by atoms with Crippen LogP contribution in [-0.4, -0.2) is 69.8 Å². The summed E-state index contributed by atoms with van der Waals surface area (Å²) in [4.78, 5) is 35.2. The fourth-order valence-electron chi connectivity index (χ4n) is 4.12. The summed E-state index contributed by atoms with van der Waals surface area (Å²) in [5.74, 6) is -0.387. The third-order valence-electron chi connectivity index (χ3n) is 6.14. The molecule has 0 aliphatic carbocycles. The molecule has 2 aliphatic heterocycles. The molecule has 0 unspecified atom stereocenters. The van der Waals surface area contributed by atoms with Crippen LogP contribution in [0.25, 0.3) is 22.6 Å². The fraction of sp³-hybridized carbons (Fsp3) is 0.348. The smallest absolute Gasteiger partial charge is 0.272 e. The predicted molar refractivity (Wildman–Crippen MR) is 120 cm³/mol. The van der Waals surface area contributed by atoms with Crippen molar-refractivity contribution in [2.45, 2.75) is 24.5 Å². The van der Waals surface area contributed by atoms with Crippen molar-refractivity contribution in [3.8, 4) is 22.6 Å². The van der Waals surface area contributed by atoms with Crippen LogP contribution in [0.3, 0.4) is 0 Å². The third-order valence-corrected chi connectivity index (χ3v) is 6.14. The van der Waals surface area contributed by atoms with Crippen LogP contribution in [0.2, 0.25) is 0 Å². The van der Waals surface area contributed by atoms with Gasteiger partial charge < -0.3 is 30.3 Å². The molecule has 0 bridgehead atoms. The Morgan fingerprint density at radius 3 is 2.88 bits per heavy atom. The van der Waals surface area contributed by atoms with E-state index in [0.29, 0.717) is 42.4 Å². The van der Waals surface area contributed by atoms with Gasteiger partial charge in [0.15, 0.2) is 17.3 Å². The minimum absolute atomic E-state index is 0.0728. The van der Waals surface area contributed by atoms with Crippen molar-refractivity contribution in [3.05, 3.63) is 48.0 Å². The lowest BCUT2D eigenvalue weighted by Crippen LogP contribution is -2.36. The first kappa shape index (κ1) is 22.0. The summed E-state index contributed by atoms with van der Waals surface area (Å²) in [6, 6.07) is 8.66. The number of nitrogens with zero attached hydrogens (tertiary/aromatic N) is 4. The Balaban J connectivity index is 1.41. The molecule has 4 N–H and O–H groups in total. The van der Waals surface area contributed by atoms with Gasteiger partial charge in [0.2, 0.25) is 5.60 Å². The molecule has 0 saturated carbocycles. The van der Waals surface area contributed by atoms with Crippen LogP contribution in [0.5, 0.6) is 0 Å². The van der Waals surface area contributed by atoms with Crippen molar-refractivity contribution in [3.63, 3.8) is 0 Å².